The van der Waals surface area contributed by atoms with Crippen LogP contribution >= 0.6 is 0 Å². The summed E-state index contributed by atoms with van der Waals surface area (Å²) in [6.45, 7) is 5.48. The maximum Gasteiger partial charge on any atom is 0.272 e. The number of carbonyl (C=O) groups excluding carboxylic acids is 1. The molecule has 1 aromatic heterocycles. The molecule has 0 unspecified atom stereocenters. The van der Waals surface area contributed by atoms with Crippen molar-refractivity contribution in [3.8, 4) is 5.75 Å². The minimum atomic E-state index is -0.0237. The number of rotatable bonds is 4. The second-order valence-electron chi connectivity index (χ2n) is 6.40. The van der Waals surface area contributed by atoms with Gasteiger partial charge in [-0.3, -0.25) is 4.79 Å². The molecule has 0 radical (unpaired) electrons. The van der Waals surface area contributed by atoms with Crippen molar-refractivity contribution >= 4 is 17.5 Å². The maximum atomic E-state index is 12.7. The monoisotopic (exact) mass is 340 g/mol. The van der Waals surface area contributed by atoms with Crippen molar-refractivity contribution in [3.63, 3.8) is 0 Å². The number of hydrogen-bond acceptors (Lipinski definition) is 5. The standard InChI is InChI=1S/C19H24N4O2/c1-13-7-8-17(25-3)15(11-13)21-19-20-14(2)12-16(22-19)18(24)23-9-5-4-6-10-23/h7-8,11-12H,4-6,9-10H2,1-3H3,(H,20,21,22). The van der Waals surface area contributed by atoms with Gasteiger partial charge >= 0.3 is 0 Å². The molecule has 2 aromatic rings. The summed E-state index contributed by atoms with van der Waals surface area (Å²) in [6.07, 6.45) is 3.30. The molecular formula is C19H24N4O2. The Hall–Kier alpha value is -2.63. The third kappa shape index (κ3) is 4.07. The summed E-state index contributed by atoms with van der Waals surface area (Å²) in [5.74, 6) is 1.09. The number of carbonyl (C=O) groups is 1. The van der Waals surface area contributed by atoms with Crippen LogP contribution in [0.3, 0.4) is 0 Å². The Morgan fingerprint density at radius 3 is 2.60 bits per heavy atom. The topological polar surface area (TPSA) is 67.3 Å². The van der Waals surface area contributed by atoms with Crippen LogP contribution < -0.4 is 10.1 Å². The Labute approximate surface area is 148 Å². The number of benzene rings is 1. The molecular weight excluding hydrogens is 316 g/mol. The lowest BCUT2D eigenvalue weighted by atomic mass is 10.1. The van der Waals surface area contributed by atoms with E-state index in [1.54, 1.807) is 13.2 Å². The summed E-state index contributed by atoms with van der Waals surface area (Å²) >= 11 is 0. The molecule has 0 atom stereocenters. The van der Waals surface area contributed by atoms with Gasteiger partial charge in [0.2, 0.25) is 5.95 Å². The van der Waals surface area contributed by atoms with Gasteiger partial charge in [-0.1, -0.05) is 6.07 Å². The van der Waals surface area contributed by atoms with Crippen LogP contribution in [0, 0.1) is 13.8 Å². The smallest absolute Gasteiger partial charge is 0.272 e. The Morgan fingerprint density at radius 2 is 1.88 bits per heavy atom. The second kappa shape index (κ2) is 7.51. The van der Waals surface area contributed by atoms with E-state index in [0.717, 1.165) is 42.9 Å². The molecule has 3 rings (SSSR count). The quantitative estimate of drug-likeness (QED) is 0.923. The summed E-state index contributed by atoms with van der Waals surface area (Å²) in [6, 6.07) is 7.59. The number of piperidine rings is 1. The van der Waals surface area contributed by atoms with E-state index in [4.69, 9.17) is 4.74 Å². The molecule has 0 spiro atoms. The van der Waals surface area contributed by atoms with Crippen LogP contribution in [0.4, 0.5) is 11.6 Å². The molecule has 1 aliphatic rings. The lowest BCUT2D eigenvalue weighted by molar-refractivity contribution is 0.0718. The summed E-state index contributed by atoms with van der Waals surface area (Å²) in [7, 11) is 1.62. The zero-order valence-electron chi connectivity index (χ0n) is 15.0. The number of aryl methyl sites for hydroxylation is 2. The molecule has 1 aliphatic heterocycles. The van der Waals surface area contributed by atoms with Gasteiger partial charge in [-0.25, -0.2) is 9.97 Å². The highest BCUT2D eigenvalue weighted by atomic mass is 16.5. The Morgan fingerprint density at radius 1 is 1.12 bits per heavy atom. The Balaban J connectivity index is 1.87. The van der Waals surface area contributed by atoms with E-state index in [-0.39, 0.29) is 5.91 Å². The predicted octanol–water partition coefficient (Wildman–Crippen LogP) is 3.47. The predicted molar refractivity (Wildman–Crippen MR) is 97.5 cm³/mol. The molecule has 2 heterocycles. The van der Waals surface area contributed by atoms with Gasteiger partial charge < -0.3 is 15.0 Å². The summed E-state index contributed by atoms with van der Waals surface area (Å²) in [5, 5.41) is 3.19. The number of likely N-dealkylation sites (tertiary alicyclic amines) is 1. The Bertz CT molecular complexity index is 770. The van der Waals surface area contributed by atoms with Gasteiger partial charge in [0.1, 0.15) is 11.4 Å². The van der Waals surface area contributed by atoms with Gasteiger partial charge in [0, 0.05) is 18.8 Å². The minimum absolute atomic E-state index is 0.0237. The van der Waals surface area contributed by atoms with E-state index in [0.29, 0.717) is 17.4 Å². The average Bonchev–Trinajstić information content (AvgIpc) is 2.61. The molecule has 0 aliphatic carbocycles. The molecule has 1 amide bonds. The van der Waals surface area contributed by atoms with Crippen LogP contribution in [0.15, 0.2) is 24.3 Å². The van der Waals surface area contributed by atoms with Crippen LogP contribution in [0.5, 0.6) is 5.75 Å². The SMILES string of the molecule is COc1ccc(C)cc1Nc1nc(C)cc(C(=O)N2CCCCC2)n1. The number of amides is 1. The van der Waals surface area contributed by atoms with Gasteiger partial charge in [-0.15, -0.1) is 0 Å². The first-order valence-corrected chi connectivity index (χ1v) is 8.63. The third-order valence-corrected chi connectivity index (χ3v) is 4.32. The number of nitrogens with one attached hydrogen (secondary N) is 1. The third-order valence-electron chi connectivity index (χ3n) is 4.32. The highest BCUT2D eigenvalue weighted by Crippen LogP contribution is 2.27. The van der Waals surface area contributed by atoms with Gasteiger partial charge in [-0.2, -0.15) is 0 Å². The van der Waals surface area contributed by atoms with E-state index >= 15 is 0 Å². The van der Waals surface area contributed by atoms with Gasteiger partial charge in [0.25, 0.3) is 5.91 Å². The van der Waals surface area contributed by atoms with Crippen LogP contribution in [0.1, 0.15) is 41.0 Å². The fourth-order valence-electron chi connectivity index (χ4n) is 3.03. The van der Waals surface area contributed by atoms with Crippen LogP contribution in [0.25, 0.3) is 0 Å². The van der Waals surface area contributed by atoms with E-state index in [2.05, 4.69) is 15.3 Å². The van der Waals surface area contributed by atoms with Crippen molar-refractivity contribution in [2.24, 2.45) is 0 Å². The van der Waals surface area contributed by atoms with Crippen LogP contribution in [-0.4, -0.2) is 41.0 Å². The molecule has 1 N–H and O–H groups in total. The van der Waals surface area contributed by atoms with Crippen molar-refractivity contribution in [3.05, 3.63) is 41.2 Å². The molecule has 1 aromatic carbocycles. The van der Waals surface area contributed by atoms with E-state index < -0.39 is 0 Å². The van der Waals surface area contributed by atoms with Crippen LogP contribution in [-0.2, 0) is 0 Å². The molecule has 1 fully saturated rings. The highest BCUT2D eigenvalue weighted by Gasteiger charge is 2.20. The second-order valence-corrected chi connectivity index (χ2v) is 6.40. The largest absolute Gasteiger partial charge is 0.495 e. The average molecular weight is 340 g/mol. The van der Waals surface area contributed by atoms with Crippen molar-refractivity contribution in [2.75, 3.05) is 25.5 Å². The number of aromatic nitrogens is 2. The fourth-order valence-corrected chi connectivity index (χ4v) is 3.03. The van der Waals surface area contributed by atoms with Crippen molar-refractivity contribution in [2.45, 2.75) is 33.1 Å². The zero-order chi connectivity index (χ0) is 17.8. The van der Waals surface area contributed by atoms with E-state index in [9.17, 15) is 4.79 Å². The van der Waals surface area contributed by atoms with Gasteiger partial charge in [0.15, 0.2) is 0 Å². The molecule has 0 bridgehead atoms. The number of ether oxygens (including phenoxy) is 1. The first-order chi connectivity index (χ1) is 12.1. The lowest BCUT2D eigenvalue weighted by Gasteiger charge is -2.26. The molecule has 25 heavy (non-hydrogen) atoms. The maximum absolute atomic E-state index is 12.7. The molecule has 6 nitrogen and oxygen atoms in total. The summed E-state index contributed by atoms with van der Waals surface area (Å²) in [4.78, 5) is 23.4. The number of methoxy groups -OCH3 is 1. The van der Waals surface area contributed by atoms with E-state index in [1.807, 2.05) is 36.9 Å². The lowest BCUT2D eigenvalue weighted by Crippen LogP contribution is -2.36. The summed E-state index contributed by atoms with van der Waals surface area (Å²) in [5.41, 5.74) is 3.07. The Kier molecular flexibility index (Phi) is 5.16. The fraction of sp³-hybridized carbons (Fsp3) is 0.421. The number of nitrogens with zero attached hydrogens (tertiary/aromatic N) is 3. The molecule has 6 heteroatoms. The van der Waals surface area contributed by atoms with Gasteiger partial charge in [0.05, 0.1) is 12.8 Å². The molecule has 1 saturated heterocycles. The molecule has 0 saturated carbocycles. The summed E-state index contributed by atoms with van der Waals surface area (Å²) < 4.78 is 5.38. The van der Waals surface area contributed by atoms with Crippen LogP contribution in [0.2, 0.25) is 0 Å². The number of hydrogen-bond donors (Lipinski definition) is 1. The molecule has 132 valence electrons. The zero-order valence-corrected chi connectivity index (χ0v) is 15.0. The first-order valence-electron chi connectivity index (χ1n) is 8.63. The first kappa shape index (κ1) is 17.2. The number of anilines is 2. The van der Waals surface area contributed by atoms with Gasteiger partial charge in [-0.05, 0) is 56.9 Å². The van der Waals surface area contributed by atoms with E-state index in [1.165, 1.54) is 6.42 Å². The van der Waals surface area contributed by atoms with Crippen molar-refractivity contribution in [1.82, 2.24) is 14.9 Å². The highest BCUT2D eigenvalue weighted by molar-refractivity contribution is 5.92. The van der Waals surface area contributed by atoms with Crippen molar-refractivity contribution < 1.29 is 9.53 Å². The normalized spacial score (nSPS) is 14.3. The minimum Gasteiger partial charge on any atom is -0.495 e. The van der Waals surface area contributed by atoms with Crippen molar-refractivity contribution in [1.29, 1.82) is 0 Å².